The molecule has 0 spiro atoms. The number of benzene rings is 2. The van der Waals surface area contributed by atoms with Gasteiger partial charge in [-0.15, -0.1) is 0 Å². The summed E-state index contributed by atoms with van der Waals surface area (Å²) in [4.78, 5) is 18.2. The molecule has 0 unspecified atom stereocenters. The van der Waals surface area contributed by atoms with Gasteiger partial charge in [-0.1, -0.05) is 18.2 Å². The highest BCUT2D eigenvalue weighted by molar-refractivity contribution is 6.00. The van der Waals surface area contributed by atoms with Crippen molar-refractivity contribution < 1.29 is 19.7 Å². The Hall–Kier alpha value is -3.16. The molecule has 3 heterocycles. The lowest BCUT2D eigenvalue weighted by Gasteiger charge is -2.40. The van der Waals surface area contributed by atoms with Gasteiger partial charge in [-0.2, -0.15) is 0 Å². The summed E-state index contributed by atoms with van der Waals surface area (Å²) in [5, 5.41) is 23.0. The summed E-state index contributed by atoms with van der Waals surface area (Å²) >= 11 is 0. The standard InChI is InChI=1S/C23H22N2O5/c1-23(2)21(28)19(27)17-15(30-23)10-14-16(20(17)29-4)18(26)12-9-11-7-5-6-8-13(11)24-22(12)25(14)3/h5-10,19,21,27-28H,1-4H3/t19-,21-/m0/s1. The maximum atomic E-state index is 13.5. The molecule has 154 valence electrons. The fraction of sp³-hybridized carbons (Fsp3) is 0.304. The molecule has 0 bridgehead atoms. The lowest BCUT2D eigenvalue weighted by molar-refractivity contribution is -0.112. The highest BCUT2D eigenvalue weighted by atomic mass is 16.5. The topological polar surface area (TPSA) is 93.8 Å². The predicted molar refractivity (Wildman–Crippen MR) is 114 cm³/mol. The van der Waals surface area contributed by atoms with Crippen LogP contribution in [0.1, 0.15) is 25.5 Å². The van der Waals surface area contributed by atoms with Crippen molar-refractivity contribution in [3.63, 3.8) is 0 Å². The molecule has 2 atom stereocenters. The minimum absolute atomic E-state index is 0.209. The normalized spacial score (nSPS) is 20.3. The Balaban J connectivity index is 1.97. The summed E-state index contributed by atoms with van der Waals surface area (Å²) < 4.78 is 13.4. The summed E-state index contributed by atoms with van der Waals surface area (Å²) in [6.45, 7) is 3.40. The van der Waals surface area contributed by atoms with E-state index in [1.54, 1.807) is 19.9 Å². The molecule has 4 aromatic rings. The Morgan fingerprint density at radius 1 is 1.20 bits per heavy atom. The number of aliphatic hydroxyl groups excluding tert-OH is 2. The first kappa shape index (κ1) is 18.8. The molecular weight excluding hydrogens is 384 g/mol. The number of rotatable bonds is 1. The molecule has 2 aromatic heterocycles. The summed E-state index contributed by atoms with van der Waals surface area (Å²) in [6, 6.07) is 11.1. The second kappa shape index (κ2) is 6.17. The molecule has 0 saturated carbocycles. The lowest BCUT2D eigenvalue weighted by atomic mass is 9.87. The maximum absolute atomic E-state index is 13.5. The molecule has 7 nitrogen and oxygen atoms in total. The van der Waals surface area contributed by atoms with Crippen LogP contribution in [0.25, 0.3) is 32.8 Å². The highest BCUT2D eigenvalue weighted by Crippen LogP contribution is 2.47. The third-order valence-electron chi connectivity index (χ3n) is 6.00. The van der Waals surface area contributed by atoms with Crippen LogP contribution in [-0.2, 0) is 7.05 Å². The molecule has 30 heavy (non-hydrogen) atoms. The fourth-order valence-corrected chi connectivity index (χ4v) is 4.36. The van der Waals surface area contributed by atoms with E-state index in [0.717, 1.165) is 10.9 Å². The molecular formula is C23H22N2O5. The van der Waals surface area contributed by atoms with Crippen LogP contribution in [0.3, 0.4) is 0 Å². The molecule has 0 saturated heterocycles. The van der Waals surface area contributed by atoms with Gasteiger partial charge in [0.05, 0.1) is 34.5 Å². The minimum atomic E-state index is -1.25. The smallest absolute Gasteiger partial charge is 0.202 e. The van der Waals surface area contributed by atoms with Crippen LogP contribution in [0.15, 0.2) is 41.2 Å². The number of aromatic nitrogens is 2. The molecule has 2 aromatic carbocycles. The predicted octanol–water partition coefficient (Wildman–Crippen LogP) is 2.81. The SMILES string of the molecule is COc1c2c(cc3c1c(=O)c1cc4ccccc4nc1n3C)OC(C)(C)[C@@H](O)[C@H]2O. The molecule has 7 heteroatoms. The Labute approximate surface area is 172 Å². The number of ether oxygens (including phenoxy) is 2. The number of aliphatic hydroxyl groups is 2. The average molecular weight is 406 g/mol. The number of hydrogen-bond donors (Lipinski definition) is 2. The molecule has 0 amide bonds. The van der Waals surface area contributed by atoms with Crippen molar-refractivity contribution in [1.29, 1.82) is 0 Å². The van der Waals surface area contributed by atoms with Crippen molar-refractivity contribution in [3.05, 3.63) is 52.2 Å². The van der Waals surface area contributed by atoms with Gasteiger partial charge >= 0.3 is 0 Å². The number of nitrogens with zero attached hydrogens (tertiary/aromatic N) is 2. The number of aryl methyl sites for hydroxylation is 1. The summed E-state index contributed by atoms with van der Waals surface area (Å²) in [5.41, 5.74) is 0.939. The zero-order chi connectivity index (χ0) is 21.4. The Kier molecular flexibility index (Phi) is 3.87. The molecule has 0 aliphatic carbocycles. The van der Waals surface area contributed by atoms with Crippen molar-refractivity contribution in [2.75, 3.05) is 7.11 Å². The van der Waals surface area contributed by atoms with E-state index in [1.165, 1.54) is 7.11 Å². The maximum Gasteiger partial charge on any atom is 0.202 e. The summed E-state index contributed by atoms with van der Waals surface area (Å²) in [6.07, 6.45) is -2.43. The van der Waals surface area contributed by atoms with Crippen molar-refractivity contribution in [3.8, 4) is 11.5 Å². The van der Waals surface area contributed by atoms with Crippen LogP contribution in [-0.4, -0.2) is 38.6 Å². The van der Waals surface area contributed by atoms with E-state index in [0.29, 0.717) is 27.7 Å². The van der Waals surface area contributed by atoms with Gasteiger partial charge in [0.15, 0.2) is 0 Å². The van der Waals surface area contributed by atoms with E-state index in [-0.39, 0.29) is 16.7 Å². The van der Waals surface area contributed by atoms with Crippen molar-refractivity contribution in [2.45, 2.75) is 31.7 Å². The number of hydrogen-bond acceptors (Lipinski definition) is 6. The minimum Gasteiger partial charge on any atom is -0.495 e. The van der Waals surface area contributed by atoms with Crippen molar-refractivity contribution in [1.82, 2.24) is 9.55 Å². The van der Waals surface area contributed by atoms with Crippen LogP contribution >= 0.6 is 0 Å². The van der Waals surface area contributed by atoms with Gasteiger partial charge in [-0.25, -0.2) is 4.98 Å². The van der Waals surface area contributed by atoms with Gasteiger partial charge in [-0.3, -0.25) is 4.79 Å². The van der Waals surface area contributed by atoms with E-state index in [9.17, 15) is 15.0 Å². The number of fused-ring (bicyclic) bond motifs is 4. The van der Waals surface area contributed by atoms with Crippen LogP contribution in [0, 0.1) is 0 Å². The second-order valence-corrected chi connectivity index (χ2v) is 8.25. The first-order chi connectivity index (χ1) is 14.2. The first-order valence-corrected chi connectivity index (χ1v) is 9.73. The zero-order valence-corrected chi connectivity index (χ0v) is 17.1. The van der Waals surface area contributed by atoms with E-state index in [2.05, 4.69) is 0 Å². The largest absolute Gasteiger partial charge is 0.495 e. The van der Waals surface area contributed by atoms with Gasteiger partial charge in [-0.05, 0) is 26.0 Å². The number of methoxy groups -OCH3 is 1. The lowest BCUT2D eigenvalue weighted by Crippen LogP contribution is -2.48. The van der Waals surface area contributed by atoms with Gasteiger partial charge in [0.25, 0.3) is 0 Å². The van der Waals surface area contributed by atoms with Crippen LogP contribution in [0.2, 0.25) is 0 Å². The summed E-state index contributed by atoms with van der Waals surface area (Å²) in [5.74, 6) is 0.581. The fourth-order valence-electron chi connectivity index (χ4n) is 4.36. The molecule has 1 aliphatic rings. The van der Waals surface area contributed by atoms with Crippen LogP contribution in [0.4, 0.5) is 0 Å². The Morgan fingerprint density at radius 2 is 1.93 bits per heavy atom. The van der Waals surface area contributed by atoms with E-state index >= 15 is 0 Å². The van der Waals surface area contributed by atoms with E-state index in [4.69, 9.17) is 14.5 Å². The van der Waals surface area contributed by atoms with Gasteiger partial charge in [0.1, 0.15) is 35.0 Å². The van der Waals surface area contributed by atoms with Crippen LogP contribution < -0.4 is 14.9 Å². The molecule has 2 N–H and O–H groups in total. The second-order valence-electron chi connectivity index (χ2n) is 8.25. The Morgan fingerprint density at radius 3 is 2.67 bits per heavy atom. The average Bonchev–Trinajstić information content (AvgIpc) is 2.73. The molecule has 1 aliphatic heterocycles. The van der Waals surface area contributed by atoms with Gasteiger partial charge < -0.3 is 24.3 Å². The van der Waals surface area contributed by atoms with Crippen LogP contribution in [0.5, 0.6) is 11.5 Å². The van der Waals surface area contributed by atoms with Crippen molar-refractivity contribution >= 4 is 32.8 Å². The highest BCUT2D eigenvalue weighted by Gasteiger charge is 2.44. The monoisotopic (exact) mass is 406 g/mol. The molecule has 0 fully saturated rings. The molecule has 0 radical (unpaired) electrons. The first-order valence-electron chi connectivity index (χ1n) is 9.73. The zero-order valence-electron chi connectivity index (χ0n) is 17.1. The van der Waals surface area contributed by atoms with Gasteiger partial charge in [0, 0.05) is 18.5 Å². The molecule has 5 rings (SSSR count). The van der Waals surface area contributed by atoms with E-state index in [1.807, 2.05) is 41.9 Å². The van der Waals surface area contributed by atoms with E-state index < -0.39 is 17.8 Å². The number of para-hydroxylation sites is 1. The third kappa shape index (κ3) is 2.39. The quantitative estimate of drug-likeness (QED) is 0.472. The Bertz CT molecular complexity index is 1410. The number of pyridine rings is 2. The summed E-state index contributed by atoms with van der Waals surface area (Å²) in [7, 11) is 3.27. The van der Waals surface area contributed by atoms with Gasteiger partial charge in [0.2, 0.25) is 5.43 Å². The van der Waals surface area contributed by atoms with Crippen molar-refractivity contribution in [2.24, 2.45) is 7.05 Å². The third-order valence-corrected chi connectivity index (χ3v) is 6.00.